The fourth-order valence-corrected chi connectivity index (χ4v) is 4.03. The molecule has 1 aliphatic rings. The van der Waals surface area contributed by atoms with Crippen molar-refractivity contribution in [2.24, 2.45) is 5.92 Å². The van der Waals surface area contributed by atoms with Crippen molar-refractivity contribution in [1.29, 1.82) is 0 Å². The second kappa shape index (κ2) is 7.30. The lowest BCUT2D eigenvalue weighted by atomic mass is 9.92. The van der Waals surface area contributed by atoms with Gasteiger partial charge in [-0.3, -0.25) is 9.59 Å². The van der Waals surface area contributed by atoms with E-state index in [0.29, 0.717) is 19.4 Å². The number of ketones is 1. The van der Waals surface area contributed by atoms with Crippen molar-refractivity contribution >= 4 is 23.0 Å². The Bertz CT molecular complexity index is 701. The Kier molecular flexibility index (Phi) is 5.14. The summed E-state index contributed by atoms with van der Waals surface area (Å²) in [6, 6.07) is 3.76. The molecule has 1 amide bonds. The Morgan fingerprint density at radius 1 is 1.42 bits per heavy atom. The molecule has 1 aliphatic heterocycles. The summed E-state index contributed by atoms with van der Waals surface area (Å²) in [4.78, 5) is 27.7. The van der Waals surface area contributed by atoms with Crippen molar-refractivity contribution < 1.29 is 14.1 Å². The number of Topliss-reactive ketones (excluding diaryl/α,β-unsaturated/α-hetero) is 1. The molecule has 24 heavy (non-hydrogen) atoms. The molecule has 0 N–H and O–H groups in total. The largest absolute Gasteiger partial charge is 0.361 e. The van der Waals surface area contributed by atoms with Crippen LogP contribution in [0.2, 0.25) is 0 Å². The van der Waals surface area contributed by atoms with Gasteiger partial charge in [0.2, 0.25) is 5.91 Å². The van der Waals surface area contributed by atoms with Crippen LogP contribution in [0.25, 0.3) is 0 Å². The molecule has 2 aromatic rings. The Balaban J connectivity index is 1.58. The number of thiophene rings is 1. The molecule has 2 aromatic heterocycles. The highest BCUT2D eigenvalue weighted by Crippen LogP contribution is 2.24. The first-order chi connectivity index (χ1) is 11.6. The Labute approximate surface area is 145 Å². The van der Waals surface area contributed by atoms with Crippen LogP contribution in [-0.2, 0) is 11.2 Å². The van der Waals surface area contributed by atoms with Crippen LogP contribution < -0.4 is 0 Å². The maximum Gasteiger partial charge on any atom is 0.222 e. The number of carbonyl (C=O) groups excluding carboxylic acids is 2. The van der Waals surface area contributed by atoms with Crippen LogP contribution in [0.4, 0.5) is 0 Å². The van der Waals surface area contributed by atoms with Gasteiger partial charge in [-0.05, 0) is 44.6 Å². The molecule has 0 radical (unpaired) electrons. The standard InChI is InChI=1S/C18H22N2O3S/c1-12-15(13(2)23-19-12)7-8-17(21)20-9-3-5-14(11-20)18(22)16-6-4-10-24-16/h4,6,10,14H,3,5,7-9,11H2,1-2H3. The molecule has 1 atom stereocenters. The molecule has 0 bridgehead atoms. The van der Waals surface area contributed by atoms with Crippen LogP contribution >= 0.6 is 11.3 Å². The van der Waals surface area contributed by atoms with Gasteiger partial charge in [0.1, 0.15) is 5.76 Å². The second-order valence-electron chi connectivity index (χ2n) is 6.32. The van der Waals surface area contributed by atoms with Gasteiger partial charge < -0.3 is 9.42 Å². The Hall–Kier alpha value is -1.95. The molecule has 1 unspecified atom stereocenters. The summed E-state index contributed by atoms with van der Waals surface area (Å²) < 4.78 is 5.14. The Morgan fingerprint density at radius 3 is 2.92 bits per heavy atom. The molecule has 0 aliphatic carbocycles. The fraction of sp³-hybridized carbons (Fsp3) is 0.500. The minimum Gasteiger partial charge on any atom is -0.361 e. The van der Waals surface area contributed by atoms with Crippen molar-refractivity contribution in [3.63, 3.8) is 0 Å². The molecule has 1 fully saturated rings. The molecule has 0 saturated carbocycles. The first-order valence-corrected chi connectivity index (χ1v) is 9.21. The third-order valence-corrected chi connectivity index (χ3v) is 5.56. The maximum atomic E-state index is 12.5. The summed E-state index contributed by atoms with van der Waals surface area (Å²) >= 11 is 1.48. The van der Waals surface area contributed by atoms with Gasteiger partial charge in [-0.1, -0.05) is 11.2 Å². The average molecular weight is 346 g/mol. The average Bonchev–Trinajstić information content (AvgIpc) is 3.23. The SMILES string of the molecule is Cc1noc(C)c1CCC(=O)N1CCCC(C(=O)c2cccs2)C1. The molecule has 0 aromatic carbocycles. The van der Waals surface area contributed by atoms with Crippen molar-refractivity contribution in [3.8, 4) is 0 Å². The van der Waals surface area contributed by atoms with Crippen molar-refractivity contribution in [2.75, 3.05) is 13.1 Å². The molecule has 5 nitrogen and oxygen atoms in total. The van der Waals surface area contributed by atoms with E-state index in [-0.39, 0.29) is 17.6 Å². The van der Waals surface area contributed by atoms with Gasteiger partial charge in [-0.15, -0.1) is 11.3 Å². The Morgan fingerprint density at radius 2 is 2.25 bits per heavy atom. The smallest absolute Gasteiger partial charge is 0.222 e. The molecule has 0 spiro atoms. The lowest BCUT2D eigenvalue weighted by Crippen LogP contribution is -2.42. The van der Waals surface area contributed by atoms with Gasteiger partial charge in [0.05, 0.1) is 10.6 Å². The maximum absolute atomic E-state index is 12.5. The van der Waals surface area contributed by atoms with Gasteiger partial charge >= 0.3 is 0 Å². The van der Waals surface area contributed by atoms with Crippen molar-refractivity contribution in [1.82, 2.24) is 10.1 Å². The monoisotopic (exact) mass is 346 g/mol. The lowest BCUT2D eigenvalue weighted by molar-refractivity contribution is -0.132. The van der Waals surface area contributed by atoms with E-state index in [1.807, 2.05) is 36.3 Å². The van der Waals surface area contributed by atoms with Crippen molar-refractivity contribution in [2.45, 2.75) is 39.5 Å². The third-order valence-electron chi connectivity index (χ3n) is 4.68. The molecule has 1 saturated heterocycles. The highest BCUT2D eigenvalue weighted by atomic mass is 32.1. The summed E-state index contributed by atoms with van der Waals surface area (Å²) in [5.41, 5.74) is 1.87. The molecular formula is C18H22N2O3S. The number of hydrogen-bond donors (Lipinski definition) is 0. The summed E-state index contributed by atoms with van der Waals surface area (Å²) in [6.07, 6.45) is 2.83. The first kappa shape index (κ1) is 16.9. The number of hydrogen-bond acceptors (Lipinski definition) is 5. The summed E-state index contributed by atoms with van der Waals surface area (Å²) in [7, 11) is 0. The van der Waals surface area contributed by atoms with Crippen LogP contribution in [-0.4, -0.2) is 34.8 Å². The van der Waals surface area contributed by atoms with E-state index in [1.165, 1.54) is 11.3 Å². The van der Waals surface area contributed by atoms with Gasteiger partial charge in [0.15, 0.2) is 5.78 Å². The zero-order valence-electron chi connectivity index (χ0n) is 14.1. The van der Waals surface area contributed by atoms with E-state index in [4.69, 9.17) is 4.52 Å². The summed E-state index contributed by atoms with van der Waals surface area (Å²) in [6.45, 7) is 5.05. The van der Waals surface area contributed by atoms with E-state index in [2.05, 4.69) is 5.16 Å². The van der Waals surface area contributed by atoms with E-state index in [0.717, 1.165) is 41.3 Å². The zero-order valence-corrected chi connectivity index (χ0v) is 14.9. The quantitative estimate of drug-likeness (QED) is 0.778. The predicted molar refractivity (Wildman–Crippen MR) is 92.3 cm³/mol. The number of likely N-dealkylation sites (tertiary alicyclic amines) is 1. The number of aromatic nitrogens is 1. The highest BCUT2D eigenvalue weighted by Gasteiger charge is 2.29. The highest BCUT2D eigenvalue weighted by molar-refractivity contribution is 7.12. The number of carbonyl (C=O) groups is 2. The van der Waals surface area contributed by atoms with Crippen LogP contribution in [0.1, 0.15) is 46.0 Å². The normalized spacial score (nSPS) is 17.9. The third kappa shape index (κ3) is 3.59. The van der Waals surface area contributed by atoms with Gasteiger partial charge in [-0.2, -0.15) is 0 Å². The summed E-state index contributed by atoms with van der Waals surface area (Å²) in [5.74, 6) is 0.997. The molecule has 128 valence electrons. The molecule has 6 heteroatoms. The van der Waals surface area contributed by atoms with Crippen LogP contribution in [0, 0.1) is 19.8 Å². The number of amides is 1. The van der Waals surface area contributed by atoms with Crippen LogP contribution in [0.5, 0.6) is 0 Å². The predicted octanol–water partition coefficient (Wildman–Crippen LogP) is 3.41. The second-order valence-corrected chi connectivity index (χ2v) is 7.27. The first-order valence-electron chi connectivity index (χ1n) is 8.33. The van der Waals surface area contributed by atoms with E-state index in [1.54, 1.807) is 0 Å². The fourth-order valence-electron chi connectivity index (χ4n) is 3.29. The van der Waals surface area contributed by atoms with Crippen LogP contribution in [0.15, 0.2) is 22.0 Å². The van der Waals surface area contributed by atoms with Gasteiger partial charge in [-0.25, -0.2) is 0 Å². The number of aryl methyl sites for hydroxylation is 2. The van der Waals surface area contributed by atoms with E-state index in [9.17, 15) is 9.59 Å². The number of rotatable bonds is 5. The van der Waals surface area contributed by atoms with E-state index < -0.39 is 0 Å². The van der Waals surface area contributed by atoms with Crippen molar-refractivity contribution in [3.05, 3.63) is 39.4 Å². The van der Waals surface area contributed by atoms with Gasteiger partial charge in [0.25, 0.3) is 0 Å². The molecular weight excluding hydrogens is 324 g/mol. The minimum absolute atomic E-state index is 0.0691. The topological polar surface area (TPSA) is 63.4 Å². The minimum atomic E-state index is -0.0691. The molecule has 3 rings (SSSR count). The lowest BCUT2D eigenvalue weighted by Gasteiger charge is -2.32. The number of piperidine rings is 1. The zero-order chi connectivity index (χ0) is 17.1. The summed E-state index contributed by atoms with van der Waals surface area (Å²) in [5, 5.41) is 5.85. The van der Waals surface area contributed by atoms with E-state index >= 15 is 0 Å². The number of nitrogens with zero attached hydrogens (tertiary/aromatic N) is 2. The van der Waals surface area contributed by atoms with Gasteiger partial charge in [0, 0.05) is 31.0 Å². The van der Waals surface area contributed by atoms with Crippen LogP contribution in [0.3, 0.4) is 0 Å². The molecule has 3 heterocycles.